The van der Waals surface area contributed by atoms with Crippen molar-refractivity contribution in [2.24, 2.45) is 5.73 Å². The van der Waals surface area contributed by atoms with Crippen molar-refractivity contribution in [3.05, 3.63) is 40.3 Å². The molecule has 0 fully saturated rings. The predicted molar refractivity (Wildman–Crippen MR) is 65.0 cm³/mol. The Morgan fingerprint density at radius 1 is 1.50 bits per heavy atom. The fourth-order valence-electron chi connectivity index (χ4n) is 1.49. The van der Waals surface area contributed by atoms with Crippen molar-refractivity contribution < 1.29 is 4.79 Å². The summed E-state index contributed by atoms with van der Waals surface area (Å²) >= 11 is 3.39. The lowest BCUT2D eigenvalue weighted by Gasteiger charge is -1.98. The zero-order valence-corrected chi connectivity index (χ0v) is 10.2. The average Bonchev–Trinajstić information content (AvgIpc) is 2.60. The van der Waals surface area contributed by atoms with E-state index in [9.17, 15) is 4.79 Å². The Balaban J connectivity index is 2.52. The lowest BCUT2D eigenvalue weighted by atomic mass is 10.1. The second-order valence-corrected chi connectivity index (χ2v) is 4.35. The summed E-state index contributed by atoms with van der Waals surface area (Å²) in [5.74, 6) is -0.364. The fourth-order valence-corrected chi connectivity index (χ4v) is 1.89. The summed E-state index contributed by atoms with van der Waals surface area (Å²) in [6.45, 7) is 1.86. The predicted octanol–water partition coefficient (Wildman–Crippen LogP) is 2.25. The van der Waals surface area contributed by atoms with E-state index < -0.39 is 5.91 Å². The summed E-state index contributed by atoms with van der Waals surface area (Å²) in [4.78, 5) is 18.0. The van der Waals surface area contributed by atoms with E-state index in [0.29, 0.717) is 0 Å². The number of carbonyl (C=O) groups excluding carboxylic acids is 1. The molecule has 1 aromatic carbocycles. The maximum absolute atomic E-state index is 11.0. The van der Waals surface area contributed by atoms with Crippen LogP contribution < -0.4 is 5.73 Å². The fraction of sp³-hybridized carbons (Fsp3) is 0.0909. The number of aryl methyl sites for hydroxylation is 1. The van der Waals surface area contributed by atoms with E-state index >= 15 is 0 Å². The van der Waals surface area contributed by atoms with Crippen LogP contribution in [0.5, 0.6) is 0 Å². The largest absolute Gasteiger partial charge is 0.363 e. The standard InChI is InChI=1S/C11H10BrN3O/c1-6-9(15-11(14-6)10(13)16)7-3-2-4-8(12)5-7/h2-5H,1H3,(H2,13,16)(H,14,15). The van der Waals surface area contributed by atoms with Crippen LogP contribution in [-0.4, -0.2) is 15.9 Å². The first-order valence-electron chi connectivity index (χ1n) is 4.70. The third-order valence-electron chi connectivity index (χ3n) is 2.22. The molecule has 0 aliphatic carbocycles. The van der Waals surface area contributed by atoms with E-state index in [1.807, 2.05) is 31.2 Å². The van der Waals surface area contributed by atoms with Gasteiger partial charge >= 0.3 is 0 Å². The van der Waals surface area contributed by atoms with Gasteiger partial charge in [0.1, 0.15) is 0 Å². The third-order valence-corrected chi connectivity index (χ3v) is 2.71. The molecule has 0 aliphatic heterocycles. The Hall–Kier alpha value is -1.62. The molecule has 82 valence electrons. The van der Waals surface area contributed by atoms with Crippen LogP contribution in [0.15, 0.2) is 28.7 Å². The number of imidazole rings is 1. The number of carbonyl (C=O) groups is 1. The van der Waals surface area contributed by atoms with Crippen LogP contribution in [0, 0.1) is 6.92 Å². The number of nitrogens with two attached hydrogens (primary N) is 1. The van der Waals surface area contributed by atoms with Crippen LogP contribution in [0.3, 0.4) is 0 Å². The van der Waals surface area contributed by atoms with Crippen LogP contribution in [0.25, 0.3) is 11.3 Å². The highest BCUT2D eigenvalue weighted by molar-refractivity contribution is 9.10. The minimum Gasteiger partial charge on any atom is -0.363 e. The summed E-state index contributed by atoms with van der Waals surface area (Å²) in [6.07, 6.45) is 0. The van der Waals surface area contributed by atoms with Crippen molar-refractivity contribution in [3.63, 3.8) is 0 Å². The van der Waals surface area contributed by atoms with Gasteiger partial charge in [-0.1, -0.05) is 28.1 Å². The monoisotopic (exact) mass is 279 g/mol. The lowest BCUT2D eigenvalue weighted by molar-refractivity contribution is 0.0991. The Labute approximate surface area is 101 Å². The molecule has 0 atom stereocenters. The number of primary amides is 1. The van der Waals surface area contributed by atoms with E-state index in [-0.39, 0.29) is 5.82 Å². The average molecular weight is 280 g/mol. The zero-order chi connectivity index (χ0) is 11.7. The van der Waals surface area contributed by atoms with Gasteiger partial charge in [0.05, 0.1) is 5.69 Å². The SMILES string of the molecule is Cc1[nH]c(C(N)=O)nc1-c1cccc(Br)c1. The summed E-state index contributed by atoms with van der Waals surface area (Å²) in [5, 5.41) is 0. The maximum atomic E-state index is 11.0. The first-order valence-corrected chi connectivity index (χ1v) is 5.49. The maximum Gasteiger partial charge on any atom is 0.284 e. The van der Waals surface area contributed by atoms with Crippen molar-refractivity contribution in [2.75, 3.05) is 0 Å². The van der Waals surface area contributed by atoms with E-state index in [4.69, 9.17) is 5.73 Å². The number of nitrogens with zero attached hydrogens (tertiary/aromatic N) is 1. The quantitative estimate of drug-likeness (QED) is 0.885. The van der Waals surface area contributed by atoms with Crippen molar-refractivity contribution in [2.45, 2.75) is 6.92 Å². The first kappa shape index (κ1) is 10.9. The minimum absolute atomic E-state index is 0.187. The van der Waals surface area contributed by atoms with Crippen LogP contribution in [-0.2, 0) is 0 Å². The molecular weight excluding hydrogens is 270 g/mol. The van der Waals surface area contributed by atoms with Crippen LogP contribution >= 0.6 is 15.9 Å². The smallest absolute Gasteiger partial charge is 0.284 e. The molecule has 0 radical (unpaired) electrons. The number of nitrogens with one attached hydrogen (secondary N) is 1. The molecule has 1 heterocycles. The summed E-state index contributed by atoms with van der Waals surface area (Å²) in [7, 11) is 0. The van der Waals surface area contributed by atoms with Gasteiger partial charge in [0.15, 0.2) is 5.82 Å². The summed E-state index contributed by atoms with van der Waals surface area (Å²) in [5.41, 5.74) is 7.67. The van der Waals surface area contributed by atoms with Crippen LogP contribution in [0.1, 0.15) is 16.3 Å². The van der Waals surface area contributed by atoms with Crippen LogP contribution in [0.2, 0.25) is 0 Å². The number of aromatic nitrogens is 2. The van der Waals surface area contributed by atoms with Crippen molar-refractivity contribution >= 4 is 21.8 Å². The second-order valence-electron chi connectivity index (χ2n) is 3.43. The molecule has 0 bridgehead atoms. The molecule has 0 saturated heterocycles. The van der Waals surface area contributed by atoms with Gasteiger partial charge in [-0.25, -0.2) is 4.98 Å². The molecule has 3 N–H and O–H groups in total. The molecule has 0 aliphatic rings. The van der Waals surface area contributed by atoms with Crippen molar-refractivity contribution in [1.29, 1.82) is 0 Å². The van der Waals surface area contributed by atoms with Gasteiger partial charge in [-0.15, -0.1) is 0 Å². The molecule has 5 heteroatoms. The van der Waals surface area contributed by atoms with Gasteiger partial charge in [0.25, 0.3) is 5.91 Å². The summed E-state index contributed by atoms with van der Waals surface area (Å²) < 4.78 is 0.966. The highest BCUT2D eigenvalue weighted by atomic mass is 79.9. The van der Waals surface area contributed by atoms with Gasteiger partial charge in [-0.05, 0) is 19.1 Å². The molecule has 0 unspecified atom stereocenters. The molecule has 1 aromatic heterocycles. The van der Waals surface area contributed by atoms with Crippen molar-refractivity contribution in [1.82, 2.24) is 9.97 Å². The van der Waals surface area contributed by atoms with E-state index in [2.05, 4.69) is 25.9 Å². The van der Waals surface area contributed by atoms with E-state index in [0.717, 1.165) is 21.4 Å². The highest BCUT2D eigenvalue weighted by Crippen LogP contribution is 2.24. The van der Waals surface area contributed by atoms with Gasteiger partial charge in [-0.3, -0.25) is 4.79 Å². The summed E-state index contributed by atoms with van der Waals surface area (Å²) in [6, 6.07) is 7.71. The van der Waals surface area contributed by atoms with Gasteiger partial charge < -0.3 is 10.7 Å². The Kier molecular flexibility index (Phi) is 2.78. The Morgan fingerprint density at radius 3 is 2.81 bits per heavy atom. The lowest BCUT2D eigenvalue weighted by Crippen LogP contribution is -2.12. The van der Waals surface area contributed by atoms with Crippen molar-refractivity contribution in [3.8, 4) is 11.3 Å². The molecule has 16 heavy (non-hydrogen) atoms. The van der Waals surface area contributed by atoms with E-state index in [1.165, 1.54) is 0 Å². The molecule has 1 amide bonds. The molecule has 0 spiro atoms. The number of hydrogen-bond acceptors (Lipinski definition) is 2. The molecule has 2 rings (SSSR count). The Morgan fingerprint density at radius 2 is 2.25 bits per heavy atom. The van der Waals surface area contributed by atoms with Crippen LogP contribution in [0.4, 0.5) is 0 Å². The topological polar surface area (TPSA) is 71.8 Å². The number of benzene rings is 1. The number of aromatic amines is 1. The molecule has 2 aromatic rings. The number of halogens is 1. The Bertz CT molecular complexity index is 548. The van der Waals surface area contributed by atoms with E-state index in [1.54, 1.807) is 0 Å². The molecular formula is C11H10BrN3O. The number of rotatable bonds is 2. The normalized spacial score (nSPS) is 10.4. The van der Waals surface area contributed by atoms with Gasteiger partial charge in [-0.2, -0.15) is 0 Å². The van der Waals surface area contributed by atoms with Gasteiger partial charge in [0.2, 0.25) is 0 Å². The number of amides is 1. The van der Waals surface area contributed by atoms with Gasteiger partial charge in [0, 0.05) is 15.7 Å². The second kappa shape index (κ2) is 4.09. The molecule has 0 saturated carbocycles. The minimum atomic E-state index is -0.552. The highest BCUT2D eigenvalue weighted by Gasteiger charge is 2.12. The number of hydrogen-bond donors (Lipinski definition) is 2. The number of H-pyrrole nitrogens is 1. The first-order chi connectivity index (χ1) is 7.58. The molecule has 4 nitrogen and oxygen atoms in total. The third kappa shape index (κ3) is 1.99. The zero-order valence-electron chi connectivity index (χ0n) is 8.62.